The Balaban J connectivity index is 1.21. The summed E-state index contributed by atoms with van der Waals surface area (Å²) in [5.41, 5.74) is 2.43. The van der Waals surface area contributed by atoms with E-state index in [1.165, 1.54) is 4.40 Å². The van der Waals surface area contributed by atoms with Gasteiger partial charge in [0.2, 0.25) is 6.79 Å². The molecule has 0 N–H and O–H groups in total. The number of aromatic nitrogens is 2. The number of nitrogens with zero attached hydrogens (tertiary/aromatic N) is 4. The summed E-state index contributed by atoms with van der Waals surface area (Å²) in [6.45, 7) is 3.81. The minimum atomic E-state index is -0.168. The van der Waals surface area contributed by atoms with E-state index in [1.807, 2.05) is 29.2 Å². The van der Waals surface area contributed by atoms with Crippen molar-refractivity contribution in [1.82, 2.24) is 19.2 Å². The van der Waals surface area contributed by atoms with Gasteiger partial charge in [-0.1, -0.05) is 18.2 Å². The molecule has 4 aromatic rings. The Morgan fingerprint density at radius 2 is 1.76 bits per heavy atom. The molecule has 8 nitrogen and oxygen atoms in total. The van der Waals surface area contributed by atoms with Gasteiger partial charge in [0, 0.05) is 38.9 Å². The molecule has 1 amide bonds. The van der Waals surface area contributed by atoms with Crippen LogP contribution in [0.4, 0.5) is 0 Å². The smallest absolute Gasteiger partial charge is 0.265 e. The van der Waals surface area contributed by atoms with E-state index in [0.29, 0.717) is 35.2 Å². The maximum atomic E-state index is 13.4. The molecule has 2 aliphatic heterocycles. The normalized spacial score (nSPS) is 15.9. The lowest BCUT2D eigenvalue weighted by Gasteiger charge is -2.34. The quantitative estimate of drug-likeness (QED) is 0.454. The van der Waals surface area contributed by atoms with E-state index in [1.54, 1.807) is 30.5 Å². The molecule has 0 radical (unpaired) electrons. The van der Waals surface area contributed by atoms with Gasteiger partial charge in [-0.15, -0.1) is 0 Å². The molecule has 2 aromatic carbocycles. The molecule has 1 fully saturated rings. The van der Waals surface area contributed by atoms with E-state index in [4.69, 9.17) is 9.47 Å². The first kappa shape index (κ1) is 19.8. The van der Waals surface area contributed by atoms with Gasteiger partial charge in [-0.3, -0.25) is 18.9 Å². The van der Waals surface area contributed by atoms with E-state index in [-0.39, 0.29) is 18.3 Å². The highest BCUT2D eigenvalue weighted by molar-refractivity contribution is 6.00. The number of hydrogen-bond donors (Lipinski definition) is 0. The maximum absolute atomic E-state index is 13.4. The van der Waals surface area contributed by atoms with Gasteiger partial charge in [-0.05, 0) is 42.0 Å². The Kier molecular flexibility index (Phi) is 4.73. The van der Waals surface area contributed by atoms with Gasteiger partial charge < -0.3 is 14.4 Å². The lowest BCUT2D eigenvalue weighted by Crippen LogP contribution is -2.48. The maximum Gasteiger partial charge on any atom is 0.265 e. The molecule has 4 heterocycles. The number of hydrogen-bond acceptors (Lipinski definition) is 6. The van der Waals surface area contributed by atoms with Gasteiger partial charge in [0.05, 0.1) is 16.5 Å². The van der Waals surface area contributed by atoms with Crippen molar-refractivity contribution < 1.29 is 14.3 Å². The van der Waals surface area contributed by atoms with Gasteiger partial charge in [-0.2, -0.15) is 0 Å². The van der Waals surface area contributed by atoms with Gasteiger partial charge in [0.25, 0.3) is 11.5 Å². The van der Waals surface area contributed by atoms with Crippen LogP contribution < -0.4 is 15.0 Å². The highest BCUT2D eigenvalue weighted by atomic mass is 16.7. The average Bonchev–Trinajstić information content (AvgIpc) is 3.32. The Morgan fingerprint density at radius 1 is 0.939 bits per heavy atom. The summed E-state index contributed by atoms with van der Waals surface area (Å²) in [6.07, 6.45) is 1.66. The third-order valence-electron chi connectivity index (χ3n) is 6.28. The van der Waals surface area contributed by atoms with Crippen molar-refractivity contribution in [2.45, 2.75) is 6.54 Å². The molecule has 33 heavy (non-hydrogen) atoms. The van der Waals surface area contributed by atoms with Crippen molar-refractivity contribution >= 4 is 22.5 Å². The van der Waals surface area contributed by atoms with Gasteiger partial charge >= 0.3 is 0 Å². The first-order valence-corrected chi connectivity index (χ1v) is 11.0. The van der Waals surface area contributed by atoms with Crippen molar-refractivity contribution in [2.75, 3.05) is 33.0 Å². The minimum Gasteiger partial charge on any atom is -0.454 e. The van der Waals surface area contributed by atoms with Gasteiger partial charge in [-0.25, -0.2) is 4.98 Å². The van der Waals surface area contributed by atoms with Gasteiger partial charge in [0.15, 0.2) is 17.1 Å². The van der Waals surface area contributed by atoms with Crippen molar-refractivity contribution in [1.29, 1.82) is 0 Å². The Bertz CT molecular complexity index is 1440. The monoisotopic (exact) mass is 442 g/mol. The van der Waals surface area contributed by atoms with Crippen molar-refractivity contribution in [3.63, 3.8) is 0 Å². The van der Waals surface area contributed by atoms with Crippen LogP contribution in [-0.2, 0) is 6.54 Å². The summed E-state index contributed by atoms with van der Waals surface area (Å²) in [6, 6.07) is 16.7. The molecule has 0 spiro atoms. The largest absolute Gasteiger partial charge is 0.454 e. The number of benzene rings is 2. The number of pyridine rings is 1. The number of amides is 1. The third-order valence-corrected chi connectivity index (χ3v) is 6.28. The molecule has 0 saturated carbocycles. The number of fused-ring (bicyclic) bond motifs is 3. The fourth-order valence-electron chi connectivity index (χ4n) is 4.52. The molecule has 8 heteroatoms. The summed E-state index contributed by atoms with van der Waals surface area (Å²) in [5.74, 6) is 1.47. The van der Waals surface area contributed by atoms with Crippen molar-refractivity contribution in [2.24, 2.45) is 0 Å². The average molecular weight is 442 g/mol. The summed E-state index contributed by atoms with van der Waals surface area (Å²) >= 11 is 0. The molecule has 0 aliphatic carbocycles. The molecular formula is C25H22N4O4. The third kappa shape index (κ3) is 3.48. The van der Waals surface area contributed by atoms with Crippen LogP contribution in [-0.4, -0.2) is 58.1 Å². The van der Waals surface area contributed by atoms with E-state index < -0.39 is 0 Å². The summed E-state index contributed by atoms with van der Waals surface area (Å²) < 4.78 is 12.3. The van der Waals surface area contributed by atoms with E-state index in [9.17, 15) is 9.59 Å². The lowest BCUT2D eigenvalue weighted by atomic mass is 10.1. The zero-order valence-corrected chi connectivity index (χ0v) is 17.9. The zero-order chi connectivity index (χ0) is 22.4. The van der Waals surface area contributed by atoms with Crippen LogP contribution in [0.25, 0.3) is 16.6 Å². The number of rotatable bonds is 3. The first-order valence-electron chi connectivity index (χ1n) is 11.0. The second-order valence-corrected chi connectivity index (χ2v) is 8.31. The van der Waals surface area contributed by atoms with E-state index >= 15 is 0 Å². The van der Waals surface area contributed by atoms with E-state index in [2.05, 4.69) is 16.0 Å². The van der Waals surface area contributed by atoms with Crippen LogP contribution in [0, 0.1) is 0 Å². The Morgan fingerprint density at radius 3 is 2.64 bits per heavy atom. The van der Waals surface area contributed by atoms with Crippen LogP contribution in [0.15, 0.2) is 65.6 Å². The minimum absolute atomic E-state index is 0.0991. The van der Waals surface area contributed by atoms with Crippen LogP contribution in [0.2, 0.25) is 0 Å². The van der Waals surface area contributed by atoms with Gasteiger partial charge in [0.1, 0.15) is 0 Å². The predicted octanol–water partition coefficient (Wildman–Crippen LogP) is 2.53. The Labute approximate surface area is 189 Å². The van der Waals surface area contributed by atoms with Crippen LogP contribution in [0.5, 0.6) is 11.5 Å². The second kappa shape index (κ2) is 7.90. The molecule has 0 atom stereocenters. The molecule has 0 unspecified atom stereocenters. The Hall–Kier alpha value is -3.91. The molecule has 0 bridgehead atoms. The predicted molar refractivity (Wildman–Crippen MR) is 123 cm³/mol. The highest BCUT2D eigenvalue weighted by Crippen LogP contribution is 2.32. The SMILES string of the molecule is O=C(c1cccn2c(=O)c3ccccc3nc12)N1CCN(Cc2ccc3c(c2)OCO3)CC1. The number of ether oxygens (including phenoxy) is 2. The number of piperazine rings is 1. The second-order valence-electron chi connectivity index (χ2n) is 8.31. The van der Waals surface area contributed by atoms with Crippen LogP contribution >= 0.6 is 0 Å². The zero-order valence-electron chi connectivity index (χ0n) is 17.9. The molecule has 6 rings (SSSR count). The molecule has 2 aromatic heterocycles. The molecule has 166 valence electrons. The number of carbonyl (C=O) groups excluding carboxylic acids is 1. The van der Waals surface area contributed by atoms with Crippen LogP contribution in [0.3, 0.4) is 0 Å². The number of para-hydroxylation sites is 1. The molecule has 2 aliphatic rings. The highest BCUT2D eigenvalue weighted by Gasteiger charge is 2.25. The van der Waals surface area contributed by atoms with Crippen molar-refractivity contribution in [3.05, 3.63) is 82.3 Å². The first-order chi connectivity index (χ1) is 16.2. The van der Waals surface area contributed by atoms with E-state index in [0.717, 1.165) is 36.7 Å². The fourth-order valence-corrected chi connectivity index (χ4v) is 4.52. The summed E-state index contributed by atoms with van der Waals surface area (Å²) in [7, 11) is 0. The van der Waals surface area contributed by atoms with Crippen LogP contribution in [0.1, 0.15) is 15.9 Å². The summed E-state index contributed by atoms with van der Waals surface area (Å²) in [4.78, 5) is 35.1. The molecular weight excluding hydrogens is 420 g/mol. The van der Waals surface area contributed by atoms with Crippen molar-refractivity contribution in [3.8, 4) is 11.5 Å². The summed E-state index contributed by atoms with van der Waals surface area (Å²) in [5, 5.41) is 0.539. The standard InChI is InChI=1S/C25H22N4O4/c30-24(19-5-3-9-29-23(19)26-20-6-2-1-4-18(20)25(29)31)28-12-10-27(11-13-28)15-17-7-8-21-22(14-17)33-16-32-21/h1-9,14H,10-13,15-16H2. The number of carbonyl (C=O) groups is 1. The lowest BCUT2D eigenvalue weighted by molar-refractivity contribution is 0.0629. The fraction of sp³-hybridized carbons (Fsp3) is 0.240. The molecule has 1 saturated heterocycles. The topological polar surface area (TPSA) is 76.4 Å².